The Morgan fingerprint density at radius 2 is 0.808 bits per heavy atom. The molecule has 0 saturated carbocycles. The predicted molar refractivity (Wildman–Crippen MR) is 224 cm³/mol. The number of thiol groups is 1. The lowest BCUT2D eigenvalue weighted by atomic mass is 10.1. The molecule has 12 heteroatoms. The Morgan fingerprint density at radius 1 is 0.442 bits per heavy atom. The fraction of sp³-hybridized carbons (Fsp3) is 0.200. The smallest absolute Gasteiger partial charge is 0.243 e. The average molecular weight is 706 g/mol. The van der Waals surface area contributed by atoms with Crippen molar-refractivity contribution in [3.63, 3.8) is 0 Å². The fourth-order valence-corrected chi connectivity index (χ4v) is 7.45. The van der Waals surface area contributed by atoms with Crippen molar-refractivity contribution in [2.45, 2.75) is 0 Å². The van der Waals surface area contributed by atoms with Crippen LogP contribution in [0.1, 0.15) is 0 Å². The first-order chi connectivity index (χ1) is 25.0. The molecule has 0 atom stereocenters. The van der Waals surface area contributed by atoms with Crippen molar-refractivity contribution in [3.8, 4) is 0 Å². The molecule has 0 saturated heterocycles. The van der Waals surface area contributed by atoms with Crippen LogP contribution >= 0.6 is 12.6 Å². The van der Waals surface area contributed by atoms with Crippen LogP contribution in [0.4, 0.5) is 22.7 Å². The van der Waals surface area contributed by atoms with E-state index in [4.69, 9.17) is 32.6 Å². The third kappa shape index (κ3) is 4.81. The monoisotopic (exact) mass is 705 g/mol. The van der Waals surface area contributed by atoms with E-state index >= 15 is 0 Å². The van der Waals surface area contributed by atoms with E-state index in [9.17, 15) is 0 Å². The summed E-state index contributed by atoms with van der Waals surface area (Å²) in [5.74, 6) is 2.83. The Kier molecular flexibility index (Phi) is 7.07. The van der Waals surface area contributed by atoms with Gasteiger partial charge in [-0.05, 0) is 60.7 Å². The van der Waals surface area contributed by atoms with Crippen LogP contribution in [0.3, 0.4) is 0 Å². The van der Waals surface area contributed by atoms with Crippen molar-refractivity contribution in [1.29, 1.82) is 0 Å². The fourth-order valence-electron chi connectivity index (χ4n) is 7.22. The molecule has 0 unspecified atom stereocenters. The molecule has 3 aliphatic rings. The van der Waals surface area contributed by atoms with Gasteiger partial charge in [0.25, 0.3) is 0 Å². The molecule has 6 aromatic rings. The highest BCUT2D eigenvalue weighted by atomic mass is 32.1. The highest BCUT2D eigenvalue weighted by molar-refractivity contribution is 7.84. The Balaban J connectivity index is 1.32. The molecule has 9 rings (SSSR count). The van der Waals surface area contributed by atoms with Gasteiger partial charge in [0.1, 0.15) is 11.7 Å². The van der Waals surface area contributed by atoms with Gasteiger partial charge in [-0.1, -0.05) is 24.3 Å². The van der Waals surface area contributed by atoms with Gasteiger partial charge in [0.05, 0.1) is 22.1 Å². The van der Waals surface area contributed by atoms with Crippen LogP contribution in [0.5, 0.6) is 0 Å². The van der Waals surface area contributed by atoms with E-state index in [1.807, 2.05) is 17.1 Å². The number of fused-ring (bicyclic) bond motifs is 6. The second-order valence-electron chi connectivity index (χ2n) is 14.2. The summed E-state index contributed by atoms with van der Waals surface area (Å²) < 4.78 is 4.31. The van der Waals surface area contributed by atoms with E-state index in [0.717, 1.165) is 71.3 Å². The maximum absolute atomic E-state index is 5.25. The number of guanidine groups is 1. The molecule has 0 amide bonds. The van der Waals surface area contributed by atoms with E-state index < -0.39 is 0 Å². The summed E-state index contributed by atoms with van der Waals surface area (Å²) in [5, 5.41) is 4.49. The molecule has 2 aromatic heterocycles. The maximum Gasteiger partial charge on any atom is 0.243 e. The first kappa shape index (κ1) is 31.9. The molecule has 0 bridgehead atoms. The summed E-state index contributed by atoms with van der Waals surface area (Å²) in [6.45, 7) is 0. The lowest BCUT2D eigenvalue weighted by Gasteiger charge is -2.32. The van der Waals surface area contributed by atoms with Gasteiger partial charge in [-0.3, -0.25) is 9.13 Å². The van der Waals surface area contributed by atoms with Crippen LogP contribution in [-0.2, 0) is 0 Å². The summed E-state index contributed by atoms with van der Waals surface area (Å²) in [6, 6.07) is 26.1. The number of allylic oxidation sites excluding steroid dienone is 1. The predicted octanol–water partition coefficient (Wildman–Crippen LogP) is 7.03. The number of nitrogens with zero attached hydrogens (tertiary/aromatic N) is 11. The van der Waals surface area contributed by atoms with E-state index in [-0.39, 0.29) is 0 Å². The van der Waals surface area contributed by atoms with Gasteiger partial charge < -0.3 is 19.6 Å². The molecule has 0 aliphatic carbocycles. The number of aliphatic imine (C=N–C) groups is 4. The van der Waals surface area contributed by atoms with E-state index in [1.54, 1.807) is 0 Å². The molecule has 260 valence electrons. The first-order valence-corrected chi connectivity index (χ1v) is 17.6. The Morgan fingerprint density at radius 3 is 1.19 bits per heavy atom. The molecule has 0 radical (unpaired) electrons. The minimum Gasteiger partial charge on any atom is -0.378 e. The summed E-state index contributed by atoms with van der Waals surface area (Å²) in [4.78, 5) is 31.9. The number of aromatic nitrogens is 2. The van der Waals surface area contributed by atoms with Gasteiger partial charge in [0, 0.05) is 106 Å². The van der Waals surface area contributed by atoms with Gasteiger partial charge >= 0.3 is 0 Å². The molecule has 5 heterocycles. The number of hydrogen-bond donors (Lipinski definition) is 1. The second kappa shape index (κ2) is 11.5. The molecule has 0 N–H and O–H groups in total. The standard InChI is InChI=1S/C40H39N11S/c1-45(2)23-9-13-28-29-14-10-24(46(3)4)18-33(29)49(32(28)17-23)38-41-36-21-27(52)22-37-42-39(44-40(43-38)51(36)37)50-34-19-25(47(5)6)11-15-30(34)31-16-12-26(48(7)8)20-35(31)50/h9-22,52H,1-8H3. The summed E-state index contributed by atoms with van der Waals surface area (Å²) in [6.07, 6.45) is 3.88. The molecule has 52 heavy (non-hydrogen) atoms. The van der Waals surface area contributed by atoms with Crippen LogP contribution in [0, 0.1) is 0 Å². The van der Waals surface area contributed by atoms with Crippen molar-refractivity contribution in [2.75, 3.05) is 76.0 Å². The normalized spacial score (nSPS) is 15.3. The highest BCUT2D eigenvalue weighted by Gasteiger charge is 2.34. The second-order valence-corrected chi connectivity index (χ2v) is 14.7. The van der Waals surface area contributed by atoms with Crippen LogP contribution in [-0.4, -0.2) is 94.1 Å². The first-order valence-electron chi connectivity index (χ1n) is 17.1. The molecule has 0 spiro atoms. The zero-order chi connectivity index (χ0) is 36.2. The van der Waals surface area contributed by atoms with Gasteiger partial charge in [-0.25, -0.2) is 4.90 Å². The Bertz CT molecular complexity index is 2450. The maximum atomic E-state index is 5.25. The van der Waals surface area contributed by atoms with Crippen molar-refractivity contribution >= 4 is 103 Å². The van der Waals surface area contributed by atoms with Crippen molar-refractivity contribution < 1.29 is 0 Å². The van der Waals surface area contributed by atoms with Crippen molar-refractivity contribution in [3.05, 3.63) is 95.7 Å². The summed E-state index contributed by atoms with van der Waals surface area (Å²) in [7, 11) is 16.4. The van der Waals surface area contributed by atoms with Gasteiger partial charge in [0.2, 0.25) is 17.9 Å². The van der Waals surface area contributed by atoms with E-state index in [2.05, 4.69) is 158 Å². The molecule has 4 aromatic carbocycles. The SMILES string of the molecule is CN(C)c1ccc2c3ccc(N(C)C)cc3n(C3=NC4=CC(S)=CC5=NC(n6c7cc(N(C)C)ccc7c7ccc(N(C)C)cc76)=NC(=N3)N45)c2c1. The largest absolute Gasteiger partial charge is 0.378 e. The molecule has 3 aliphatic heterocycles. The molecule has 11 nitrogen and oxygen atoms in total. The van der Waals surface area contributed by atoms with Gasteiger partial charge in [0.15, 0.2) is 0 Å². The third-order valence-corrected chi connectivity index (χ3v) is 10.2. The number of hydrogen-bond acceptors (Lipinski definition) is 10. The zero-order valence-electron chi connectivity index (χ0n) is 30.4. The number of anilines is 4. The molecular formula is C40H39N11S. The van der Waals surface area contributed by atoms with Crippen LogP contribution in [0.2, 0.25) is 0 Å². The van der Waals surface area contributed by atoms with Crippen molar-refractivity contribution in [2.24, 2.45) is 20.0 Å². The molecule has 0 fully saturated rings. The van der Waals surface area contributed by atoms with E-state index in [1.165, 1.54) is 0 Å². The summed E-state index contributed by atoms with van der Waals surface area (Å²) in [5.41, 5.74) is 8.37. The van der Waals surface area contributed by atoms with Gasteiger partial charge in [-0.2, -0.15) is 20.0 Å². The van der Waals surface area contributed by atoms with Crippen LogP contribution < -0.4 is 19.6 Å². The topological polar surface area (TPSA) is 75.5 Å². The summed E-state index contributed by atoms with van der Waals surface area (Å²) >= 11 is 4.83. The lowest BCUT2D eigenvalue weighted by Crippen LogP contribution is -2.43. The van der Waals surface area contributed by atoms with Crippen molar-refractivity contribution in [1.82, 2.24) is 14.0 Å². The number of amidine groups is 1. The van der Waals surface area contributed by atoms with Crippen LogP contribution in [0.25, 0.3) is 43.6 Å². The minimum atomic E-state index is 0.485. The lowest BCUT2D eigenvalue weighted by molar-refractivity contribution is 0.704. The Hall–Kier alpha value is -6.01. The van der Waals surface area contributed by atoms with Gasteiger partial charge in [-0.15, -0.1) is 12.6 Å². The quantitative estimate of drug-likeness (QED) is 0.200. The Labute approximate surface area is 307 Å². The van der Waals surface area contributed by atoms with E-state index in [0.29, 0.717) is 29.5 Å². The number of rotatable bonds is 4. The molecular weight excluding hydrogens is 667 g/mol. The third-order valence-electron chi connectivity index (χ3n) is 9.98. The van der Waals surface area contributed by atoms with Crippen LogP contribution in [0.15, 0.2) is 116 Å². The highest BCUT2D eigenvalue weighted by Crippen LogP contribution is 2.38. The average Bonchev–Trinajstić information content (AvgIpc) is 3.62. The number of benzene rings is 4. The zero-order valence-corrected chi connectivity index (χ0v) is 31.3. The minimum absolute atomic E-state index is 0.485.